The number of rotatable bonds is 7. The molecule has 0 spiro atoms. The third-order valence-electron chi connectivity index (χ3n) is 3.37. The van der Waals surface area contributed by atoms with Crippen molar-refractivity contribution >= 4 is 17.5 Å². The van der Waals surface area contributed by atoms with Crippen LogP contribution in [-0.4, -0.2) is 31.8 Å². The number of esters is 2. The lowest BCUT2D eigenvalue weighted by molar-refractivity contribution is -0.146. The third kappa shape index (κ3) is 3.67. The molecule has 0 aromatic heterocycles. The minimum atomic E-state index is -0.485. The minimum Gasteiger partial charge on any atom is -0.486 e. The van der Waals surface area contributed by atoms with Crippen molar-refractivity contribution in [2.75, 3.05) is 13.7 Å². The van der Waals surface area contributed by atoms with Crippen molar-refractivity contribution in [2.24, 2.45) is 0 Å². The summed E-state index contributed by atoms with van der Waals surface area (Å²) in [5, 5.41) is 0. The Kier molecular flexibility index (Phi) is 5.58. The van der Waals surface area contributed by atoms with Crippen LogP contribution in [0.4, 0.5) is 0 Å². The van der Waals surface area contributed by atoms with E-state index in [2.05, 4.69) is 4.74 Å². The molecule has 1 aliphatic rings. The lowest BCUT2D eigenvalue weighted by atomic mass is 9.97. The fourth-order valence-electron chi connectivity index (χ4n) is 2.33. The first-order chi connectivity index (χ1) is 10.7. The minimum absolute atomic E-state index is 0.186. The molecule has 22 heavy (non-hydrogen) atoms. The van der Waals surface area contributed by atoms with Crippen molar-refractivity contribution in [1.82, 2.24) is 0 Å². The van der Waals surface area contributed by atoms with E-state index in [4.69, 9.17) is 9.47 Å². The molecular formula is C17H20O5. The highest BCUT2D eigenvalue weighted by Crippen LogP contribution is 2.34. The molecule has 0 bridgehead atoms. The van der Waals surface area contributed by atoms with Crippen molar-refractivity contribution in [3.8, 4) is 0 Å². The summed E-state index contributed by atoms with van der Waals surface area (Å²) in [6, 6.07) is 9.48. The first-order valence-corrected chi connectivity index (χ1v) is 7.37. The number of ether oxygens (including phenoxy) is 3. The van der Waals surface area contributed by atoms with Gasteiger partial charge in [-0.1, -0.05) is 37.3 Å². The van der Waals surface area contributed by atoms with Crippen LogP contribution in [0.3, 0.4) is 0 Å². The van der Waals surface area contributed by atoms with Gasteiger partial charge in [0.15, 0.2) is 0 Å². The summed E-state index contributed by atoms with van der Waals surface area (Å²) < 4.78 is 15.6. The van der Waals surface area contributed by atoms with E-state index in [0.29, 0.717) is 18.6 Å². The summed E-state index contributed by atoms with van der Waals surface area (Å²) in [7, 11) is 1.34. The lowest BCUT2D eigenvalue weighted by Gasteiger charge is -2.13. The predicted octanol–water partition coefficient (Wildman–Crippen LogP) is 2.70. The van der Waals surface area contributed by atoms with Gasteiger partial charge in [0.2, 0.25) is 5.76 Å². The molecule has 1 unspecified atom stereocenters. The van der Waals surface area contributed by atoms with E-state index in [1.807, 2.05) is 37.3 Å². The number of methoxy groups -OCH3 is 1. The maximum absolute atomic E-state index is 12.1. The van der Waals surface area contributed by atoms with Gasteiger partial charge in [0, 0.05) is 12.0 Å². The molecule has 0 amide bonds. The molecule has 0 fully saturated rings. The highest BCUT2D eigenvalue weighted by atomic mass is 16.6. The summed E-state index contributed by atoms with van der Waals surface area (Å²) in [5.74, 6) is -0.545. The van der Waals surface area contributed by atoms with Crippen LogP contribution >= 0.6 is 0 Å². The molecule has 1 heterocycles. The first-order valence-electron chi connectivity index (χ1n) is 7.37. The Morgan fingerprint density at radius 3 is 2.64 bits per heavy atom. The van der Waals surface area contributed by atoms with Gasteiger partial charge in [0.05, 0.1) is 13.7 Å². The van der Waals surface area contributed by atoms with Gasteiger partial charge >= 0.3 is 11.9 Å². The SMILES string of the molecule is CCCOC1=C(c2ccccc2)C(CCC(=O)OC)OC1=O. The molecule has 118 valence electrons. The second-order valence-corrected chi connectivity index (χ2v) is 4.97. The Balaban J connectivity index is 2.27. The largest absolute Gasteiger partial charge is 0.486 e. The molecule has 1 aromatic rings. The van der Waals surface area contributed by atoms with Crippen molar-refractivity contribution in [1.29, 1.82) is 0 Å². The molecule has 1 atom stereocenters. The van der Waals surface area contributed by atoms with Crippen LogP contribution in [0.1, 0.15) is 31.7 Å². The Labute approximate surface area is 129 Å². The maximum atomic E-state index is 12.1. The van der Waals surface area contributed by atoms with Crippen LogP contribution in [0.15, 0.2) is 36.1 Å². The van der Waals surface area contributed by atoms with Crippen LogP contribution in [0, 0.1) is 0 Å². The van der Waals surface area contributed by atoms with Crippen LogP contribution in [0.25, 0.3) is 5.57 Å². The number of carbonyl (C=O) groups is 2. The summed E-state index contributed by atoms with van der Waals surface area (Å²) in [6.45, 7) is 2.42. The third-order valence-corrected chi connectivity index (χ3v) is 3.37. The molecular weight excluding hydrogens is 284 g/mol. The Bertz CT molecular complexity index is 562. The van der Waals surface area contributed by atoms with E-state index in [0.717, 1.165) is 12.0 Å². The Morgan fingerprint density at radius 1 is 1.27 bits per heavy atom. The summed E-state index contributed by atoms with van der Waals surface area (Å²) in [6.07, 6.45) is 0.875. The monoisotopic (exact) mass is 304 g/mol. The molecule has 1 aromatic carbocycles. The van der Waals surface area contributed by atoms with Crippen molar-refractivity contribution < 1.29 is 23.8 Å². The van der Waals surface area contributed by atoms with Crippen LogP contribution in [-0.2, 0) is 23.8 Å². The van der Waals surface area contributed by atoms with Gasteiger partial charge in [-0.3, -0.25) is 4.79 Å². The smallest absolute Gasteiger partial charge is 0.374 e. The molecule has 0 N–H and O–H groups in total. The van der Waals surface area contributed by atoms with Gasteiger partial charge in [-0.05, 0) is 18.4 Å². The molecule has 0 radical (unpaired) electrons. The van der Waals surface area contributed by atoms with Gasteiger partial charge in [-0.25, -0.2) is 4.79 Å². The second kappa shape index (κ2) is 7.64. The van der Waals surface area contributed by atoms with Gasteiger partial charge < -0.3 is 14.2 Å². The van der Waals surface area contributed by atoms with Gasteiger partial charge in [0.25, 0.3) is 0 Å². The maximum Gasteiger partial charge on any atom is 0.374 e. The lowest BCUT2D eigenvalue weighted by Crippen LogP contribution is -2.14. The molecule has 0 saturated carbocycles. The van der Waals surface area contributed by atoms with E-state index in [9.17, 15) is 9.59 Å². The highest BCUT2D eigenvalue weighted by Gasteiger charge is 2.36. The van der Waals surface area contributed by atoms with Crippen LogP contribution in [0.2, 0.25) is 0 Å². The van der Waals surface area contributed by atoms with E-state index in [-0.39, 0.29) is 18.1 Å². The molecule has 1 aliphatic heterocycles. The zero-order valence-electron chi connectivity index (χ0n) is 12.8. The average molecular weight is 304 g/mol. The van der Waals surface area contributed by atoms with Crippen LogP contribution < -0.4 is 0 Å². The first kappa shape index (κ1) is 16.1. The van der Waals surface area contributed by atoms with E-state index >= 15 is 0 Å². The second-order valence-electron chi connectivity index (χ2n) is 4.97. The summed E-state index contributed by atoms with van der Waals surface area (Å²) in [5.41, 5.74) is 1.58. The normalized spacial score (nSPS) is 17.4. The molecule has 0 aliphatic carbocycles. The predicted molar refractivity (Wildman–Crippen MR) is 80.7 cm³/mol. The average Bonchev–Trinajstić information content (AvgIpc) is 2.87. The van der Waals surface area contributed by atoms with Crippen LogP contribution in [0.5, 0.6) is 0 Å². The number of carbonyl (C=O) groups excluding carboxylic acids is 2. The zero-order chi connectivity index (χ0) is 15.9. The van der Waals surface area contributed by atoms with E-state index in [1.165, 1.54) is 7.11 Å². The van der Waals surface area contributed by atoms with E-state index in [1.54, 1.807) is 0 Å². The summed E-state index contributed by atoms with van der Waals surface area (Å²) >= 11 is 0. The number of cyclic esters (lactones) is 1. The van der Waals surface area contributed by atoms with E-state index < -0.39 is 12.1 Å². The number of benzene rings is 1. The molecule has 0 saturated heterocycles. The number of hydrogen-bond donors (Lipinski definition) is 0. The van der Waals surface area contributed by atoms with Gasteiger partial charge in [-0.2, -0.15) is 0 Å². The molecule has 2 rings (SSSR count). The fraction of sp³-hybridized carbons (Fsp3) is 0.412. The Morgan fingerprint density at radius 2 is 2.00 bits per heavy atom. The van der Waals surface area contributed by atoms with Gasteiger partial charge in [0.1, 0.15) is 6.10 Å². The van der Waals surface area contributed by atoms with Gasteiger partial charge in [-0.15, -0.1) is 0 Å². The summed E-state index contributed by atoms with van der Waals surface area (Å²) in [4.78, 5) is 23.4. The quantitative estimate of drug-likeness (QED) is 0.725. The van der Waals surface area contributed by atoms with Crippen molar-refractivity contribution in [3.05, 3.63) is 41.7 Å². The standard InChI is InChI=1S/C17H20O5/c1-3-11-21-16-15(12-7-5-4-6-8-12)13(22-17(16)19)9-10-14(18)20-2/h4-8,13H,3,9-11H2,1-2H3. The number of hydrogen-bond acceptors (Lipinski definition) is 5. The fourth-order valence-corrected chi connectivity index (χ4v) is 2.33. The Hall–Kier alpha value is -2.30. The molecule has 5 heteroatoms. The zero-order valence-corrected chi connectivity index (χ0v) is 12.8. The highest BCUT2D eigenvalue weighted by molar-refractivity contribution is 6.01. The van der Waals surface area contributed by atoms with Crippen molar-refractivity contribution in [2.45, 2.75) is 32.3 Å². The topological polar surface area (TPSA) is 61.8 Å². The van der Waals surface area contributed by atoms with Crippen molar-refractivity contribution in [3.63, 3.8) is 0 Å². The molecule has 5 nitrogen and oxygen atoms in total.